The SMILES string of the molecule is O=C(NCc1nccs1)c1sccc1C#CCCO. The summed E-state index contributed by atoms with van der Waals surface area (Å²) in [6.45, 7) is 0.459. The number of thiazole rings is 1. The van der Waals surface area contributed by atoms with Gasteiger partial charge in [0.1, 0.15) is 9.88 Å². The van der Waals surface area contributed by atoms with Crippen molar-refractivity contribution in [1.82, 2.24) is 10.3 Å². The Morgan fingerprint density at radius 3 is 3.05 bits per heavy atom. The lowest BCUT2D eigenvalue weighted by Gasteiger charge is -2.01. The van der Waals surface area contributed by atoms with Crippen LogP contribution >= 0.6 is 22.7 Å². The number of aliphatic hydroxyl groups excluding tert-OH is 1. The van der Waals surface area contributed by atoms with Crippen LogP contribution in [0.1, 0.15) is 26.7 Å². The first-order valence-electron chi connectivity index (χ1n) is 5.65. The summed E-state index contributed by atoms with van der Waals surface area (Å²) in [6, 6.07) is 1.81. The highest BCUT2D eigenvalue weighted by molar-refractivity contribution is 7.12. The van der Waals surface area contributed by atoms with E-state index in [-0.39, 0.29) is 12.5 Å². The molecule has 2 aromatic rings. The largest absolute Gasteiger partial charge is 0.395 e. The van der Waals surface area contributed by atoms with Crippen molar-refractivity contribution in [2.75, 3.05) is 6.61 Å². The van der Waals surface area contributed by atoms with Crippen molar-refractivity contribution in [2.45, 2.75) is 13.0 Å². The van der Waals surface area contributed by atoms with Gasteiger partial charge in [-0.25, -0.2) is 4.98 Å². The number of hydrogen-bond acceptors (Lipinski definition) is 5. The molecule has 2 aromatic heterocycles. The van der Waals surface area contributed by atoms with Crippen LogP contribution in [0.3, 0.4) is 0 Å². The number of amides is 1. The van der Waals surface area contributed by atoms with E-state index in [9.17, 15) is 4.79 Å². The average molecular weight is 292 g/mol. The van der Waals surface area contributed by atoms with E-state index in [0.29, 0.717) is 23.4 Å². The van der Waals surface area contributed by atoms with Crippen molar-refractivity contribution < 1.29 is 9.90 Å². The number of carbonyl (C=O) groups excluding carboxylic acids is 1. The first-order valence-corrected chi connectivity index (χ1v) is 7.41. The Balaban J connectivity index is 1.99. The fourth-order valence-electron chi connectivity index (χ4n) is 1.37. The van der Waals surface area contributed by atoms with E-state index in [1.54, 1.807) is 6.20 Å². The predicted molar refractivity (Wildman–Crippen MR) is 76.2 cm³/mol. The molecule has 19 heavy (non-hydrogen) atoms. The third-order valence-corrected chi connectivity index (χ3v) is 3.91. The number of nitrogens with one attached hydrogen (secondary N) is 1. The zero-order valence-corrected chi connectivity index (χ0v) is 11.7. The number of rotatable bonds is 4. The molecule has 0 aliphatic carbocycles. The van der Waals surface area contributed by atoms with Crippen LogP contribution in [0.5, 0.6) is 0 Å². The lowest BCUT2D eigenvalue weighted by Crippen LogP contribution is -2.22. The van der Waals surface area contributed by atoms with Crippen LogP contribution in [0.2, 0.25) is 0 Å². The minimum atomic E-state index is -0.140. The standard InChI is InChI=1S/C13H12N2O2S2/c16-6-2-1-3-10-4-7-19-12(10)13(17)15-9-11-14-5-8-18-11/h4-5,7-8,16H,2,6,9H2,(H,15,17). The highest BCUT2D eigenvalue weighted by Crippen LogP contribution is 2.16. The average Bonchev–Trinajstić information content (AvgIpc) is 3.07. The van der Waals surface area contributed by atoms with Crippen LogP contribution < -0.4 is 5.32 Å². The summed E-state index contributed by atoms with van der Waals surface area (Å²) in [6.07, 6.45) is 2.12. The second kappa shape index (κ2) is 7.04. The molecule has 2 heterocycles. The van der Waals surface area contributed by atoms with E-state index in [1.165, 1.54) is 22.7 Å². The summed E-state index contributed by atoms with van der Waals surface area (Å²) in [4.78, 5) is 16.7. The molecule has 0 aliphatic heterocycles. The molecule has 0 aliphatic rings. The van der Waals surface area contributed by atoms with Crippen LogP contribution in [-0.4, -0.2) is 22.6 Å². The maximum absolute atomic E-state index is 12.0. The van der Waals surface area contributed by atoms with Gasteiger partial charge in [0, 0.05) is 23.6 Å². The van der Waals surface area contributed by atoms with Gasteiger partial charge in [-0.15, -0.1) is 22.7 Å². The quantitative estimate of drug-likeness (QED) is 0.846. The van der Waals surface area contributed by atoms with E-state index >= 15 is 0 Å². The summed E-state index contributed by atoms with van der Waals surface area (Å²) < 4.78 is 0. The monoisotopic (exact) mass is 292 g/mol. The normalized spacial score (nSPS) is 9.74. The van der Waals surface area contributed by atoms with Crippen molar-refractivity contribution in [1.29, 1.82) is 0 Å². The summed E-state index contributed by atoms with van der Waals surface area (Å²) in [5.74, 6) is 5.57. The van der Waals surface area contributed by atoms with Crippen molar-refractivity contribution in [3.8, 4) is 11.8 Å². The lowest BCUT2D eigenvalue weighted by molar-refractivity contribution is 0.0954. The molecule has 2 N–H and O–H groups in total. The maximum atomic E-state index is 12.0. The minimum absolute atomic E-state index is 0.0305. The highest BCUT2D eigenvalue weighted by atomic mass is 32.1. The summed E-state index contributed by atoms with van der Waals surface area (Å²) >= 11 is 2.86. The van der Waals surface area contributed by atoms with Gasteiger partial charge in [0.25, 0.3) is 5.91 Å². The van der Waals surface area contributed by atoms with Crippen LogP contribution in [0.25, 0.3) is 0 Å². The van der Waals surface area contributed by atoms with Crippen LogP contribution in [-0.2, 0) is 6.54 Å². The molecular weight excluding hydrogens is 280 g/mol. The van der Waals surface area contributed by atoms with E-state index in [2.05, 4.69) is 22.1 Å². The summed E-state index contributed by atoms with van der Waals surface area (Å²) in [5.41, 5.74) is 0.704. The van der Waals surface area contributed by atoms with E-state index in [0.717, 1.165) is 5.01 Å². The number of thiophene rings is 1. The fraction of sp³-hybridized carbons (Fsp3) is 0.231. The number of carbonyl (C=O) groups is 1. The molecule has 98 valence electrons. The van der Waals surface area contributed by atoms with Gasteiger partial charge in [-0.3, -0.25) is 4.79 Å². The van der Waals surface area contributed by atoms with Crippen molar-refractivity contribution in [2.24, 2.45) is 0 Å². The molecule has 0 fully saturated rings. The van der Waals surface area contributed by atoms with Crippen molar-refractivity contribution >= 4 is 28.6 Å². The van der Waals surface area contributed by atoms with E-state index in [1.807, 2.05) is 16.8 Å². The molecule has 2 rings (SSSR count). The molecule has 0 spiro atoms. The van der Waals surface area contributed by atoms with Gasteiger partial charge in [-0.05, 0) is 11.4 Å². The molecule has 4 nitrogen and oxygen atoms in total. The van der Waals surface area contributed by atoms with Crippen LogP contribution in [0, 0.1) is 11.8 Å². The highest BCUT2D eigenvalue weighted by Gasteiger charge is 2.11. The second-order valence-corrected chi connectivity index (χ2v) is 5.44. The van der Waals surface area contributed by atoms with Crippen molar-refractivity contribution in [3.63, 3.8) is 0 Å². The topological polar surface area (TPSA) is 62.2 Å². The first-order chi connectivity index (χ1) is 9.31. The summed E-state index contributed by atoms with van der Waals surface area (Å²) in [7, 11) is 0. The van der Waals surface area contributed by atoms with Gasteiger partial charge < -0.3 is 10.4 Å². The van der Waals surface area contributed by atoms with E-state index in [4.69, 9.17) is 5.11 Å². The zero-order valence-electron chi connectivity index (χ0n) is 10.0. The number of nitrogens with zero attached hydrogens (tertiary/aromatic N) is 1. The van der Waals surface area contributed by atoms with Gasteiger partial charge in [-0.2, -0.15) is 0 Å². The fourth-order valence-corrected chi connectivity index (χ4v) is 2.70. The molecule has 0 radical (unpaired) electrons. The lowest BCUT2D eigenvalue weighted by atomic mass is 10.2. The predicted octanol–water partition coefficient (Wildman–Crippen LogP) is 1.87. The molecule has 0 unspecified atom stereocenters. The number of hydrogen-bond donors (Lipinski definition) is 2. The van der Waals surface area contributed by atoms with Crippen molar-refractivity contribution in [3.05, 3.63) is 38.5 Å². The molecular formula is C13H12N2O2S2. The Labute approximate surface area is 119 Å². The van der Waals surface area contributed by atoms with Gasteiger partial charge in [0.2, 0.25) is 0 Å². The number of aromatic nitrogens is 1. The smallest absolute Gasteiger partial charge is 0.262 e. The Bertz CT molecular complexity index is 594. The van der Waals surface area contributed by atoms with Gasteiger partial charge >= 0.3 is 0 Å². The van der Waals surface area contributed by atoms with Crippen LogP contribution in [0.15, 0.2) is 23.0 Å². The van der Waals surface area contributed by atoms with E-state index < -0.39 is 0 Å². The van der Waals surface area contributed by atoms with Gasteiger partial charge in [0.05, 0.1) is 13.2 Å². The molecule has 0 atom stereocenters. The Kier molecular flexibility index (Phi) is 5.10. The molecule has 0 saturated carbocycles. The molecule has 6 heteroatoms. The minimum Gasteiger partial charge on any atom is -0.395 e. The maximum Gasteiger partial charge on any atom is 0.262 e. The second-order valence-electron chi connectivity index (χ2n) is 3.55. The first kappa shape index (κ1) is 13.7. The van der Waals surface area contributed by atoms with Gasteiger partial charge in [0.15, 0.2) is 0 Å². The third kappa shape index (κ3) is 3.89. The zero-order chi connectivity index (χ0) is 13.5. The Hall–Kier alpha value is -1.68. The Morgan fingerprint density at radius 1 is 1.42 bits per heavy atom. The molecule has 1 amide bonds. The Morgan fingerprint density at radius 2 is 2.32 bits per heavy atom. The molecule has 0 bridgehead atoms. The number of aliphatic hydroxyl groups is 1. The molecule has 0 aromatic carbocycles. The molecule has 0 saturated heterocycles. The third-order valence-electron chi connectivity index (χ3n) is 2.21. The van der Waals surface area contributed by atoms with Crippen LogP contribution in [0.4, 0.5) is 0 Å². The van der Waals surface area contributed by atoms with Gasteiger partial charge in [-0.1, -0.05) is 11.8 Å². The summed E-state index contributed by atoms with van der Waals surface area (Å²) in [5, 5.41) is 16.1.